The Morgan fingerprint density at radius 3 is 2.63 bits per heavy atom. The lowest BCUT2D eigenvalue weighted by atomic mass is 10.1. The molecule has 0 bridgehead atoms. The smallest absolute Gasteiger partial charge is 0.131 e. The lowest BCUT2D eigenvalue weighted by Gasteiger charge is -2.13. The fraction of sp³-hybridized carbons (Fsp3) is 0.308. The molecule has 102 valence electrons. The first-order chi connectivity index (χ1) is 9.09. The Kier molecular flexibility index (Phi) is 4.57. The van der Waals surface area contributed by atoms with Gasteiger partial charge in [-0.05, 0) is 19.1 Å². The van der Waals surface area contributed by atoms with E-state index in [2.05, 4.69) is 10.3 Å². The summed E-state index contributed by atoms with van der Waals surface area (Å²) in [5, 5.41) is 12.8. The summed E-state index contributed by atoms with van der Waals surface area (Å²) in [6.07, 6.45) is -1.21. The van der Waals surface area contributed by atoms with E-state index in [1.165, 1.54) is 17.4 Å². The highest BCUT2D eigenvalue weighted by Crippen LogP contribution is 2.20. The van der Waals surface area contributed by atoms with Crippen LogP contribution in [-0.2, 0) is 6.54 Å². The van der Waals surface area contributed by atoms with Gasteiger partial charge in [-0.25, -0.2) is 13.8 Å². The summed E-state index contributed by atoms with van der Waals surface area (Å²) in [6, 6.07) is 3.54. The number of hydrogen-bond donors (Lipinski definition) is 2. The number of rotatable bonds is 5. The molecule has 1 heterocycles. The fourth-order valence-electron chi connectivity index (χ4n) is 1.75. The Morgan fingerprint density at radius 2 is 2.05 bits per heavy atom. The molecular weight excluding hydrogens is 270 g/mol. The molecular formula is C13H14F2N2OS. The number of aliphatic hydroxyl groups is 1. The van der Waals surface area contributed by atoms with Crippen LogP contribution in [0.15, 0.2) is 23.7 Å². The summed E-state index contributed by atoms with van der Waals surface area (Å²) in [5.74, 6) is -1.47. The molecule has 0 saturated carbocycles. The molecule has 19 heavy (non-hydrogen) atoms. The van der Waals surface area contributed by atoms with Crippen LogP contribution in [0.4, 0.5) is 8.78 Å². The third-order valence-corrected chi connectivity index (χ3v) is 3.74. The average Bonchev–Trinajstić information content (AvgIpc) is 2.75. The number of benzene rings is 1. The zero-order valence-electron chi connectivity index (χ0n) is 10.4. The van der Waals surface area contributed by atoms with Gasteiger partial charge in [-0.15, -0.1) is 11.3 Å². The molecule has 0 saturated heterocycles. The third-order valence-electron chi connectivity index (χ3n) is 2.80. The molecule has 2 N–H and O–H groups in total. The van der Waals surface area contributed by atoms with E-state index in [1.807, 2.05) is 6.92 Å². The van der Waals surface area contributed by atoms with Crippen molar-refractivity contribution in [3.8, 4) is 0 Å². The van der Waals surface area contributed by atoms with Crippen molar-refractivity contribution in [1.82, 2.24) is 10.3 Å². The number of thiazole rings is 1. The summed E-state index contributed by atoms with van der Waals surface area (Å²) in [7, 11) is 0. The van der Waals surface area contributed by atoms with Crippen molar-refractivity contribution in [3.63, 3.8) is 0 Å². The van der Waals surface area contributed by atoms with Crippen LogP contribution in [0.5, 0.6) is 0 Å². The predicted molar refractivity (Wildman–Crippen MR) is 69.9 cm³/mol. The standard InChI is InChI=1S/C13H14F2N2OS/c1-8-12(19-7-17-8)6-16-5-11(18)13-9(14)3-2-4-10(13)15/h2-4,7,11,16,18H,5-6H2,1H3. The van der Waals surface area contributed by atoms with Gasteiger partial charge in [-0.1, -0.05) is 6.07 Å². The minimum atomic E-state index is -1.21. The second-order valence-corrected chi connectivity index (χ2v) is 5.08. The lowest BCUT2D eigenvalue weighted by Crippen LogP contribution is -2.22. The van der Waals surface area contributed by atoms with Gasteiger partial charge < -0.3 is 10.4 Å². The second-order valence-electron chi connectivity index (χ2n) is 4.14. The van der Waals surface area contributed by atoms with E-state index in [9.17, 15) is 13.9 Å². The highest BCUT2D eigenvalue weighted by molar-refractivity contribution is 7.09. The Hall–Kier alpha value is -1.37. The van der Waals surface area contributed by atoms with E-state index in [1.54, 1.807) is 5.51 Å². The van der Waals surface area contributed by atoms with Gasteiger partial charge in [0, 0.05) is 18.0 Å². The molecule has 1 atom stereocenters. The molecule has 2 aromatic rings. The molecule has 0 amide bonds. The minimum Gasteiger partial charge on any atom is -0.387 e. The zero-order chi connectivity index (χ0) is 13.8. The topological polar surface area (TPSA) is 45.2 Å². The van der Waals surface area contributed by atoms with Gasteiger partial charge >= 0.3 is 0 Å². The van der Waals surface area contributed by atoms with Gasteiger partial charge in [0.05, 0.1) is 22.9 Å². The largest absolute Gasteiger partial charge is 0.387 e. The summed E-state index contributed by atoms with van der Waals surface area (Å²) < 4.78 is 26.9. The molecule has 0 radical (unpaired) electrons. The molecule has 1 unspecified atom stereocenters. The first-order valence-electron chi connectivity index (χ1n) is 5.81. The second kappa shape index (κ2) is 6.18. The van der Waals surface area contributed by atoms with Gasteiger partial charge in [-0.3, -0.25) is 0 Å². The third kappa shape index (κ3) is 3.34. The van der Waals surface area contributed by atoms with E-state index >= 15 is 0 Å². The molecule has 0 aliphatic carbocycles. The van der Waals surface area contributed by atoms with Crippen molar-refractivity contribution < 1.29 is 13.9 Å². The molecule has 1 aromatic carbocycles. The summed E-state index contributed by atoms with van der Waals surface area (Å²) in [4.78, 5) is 5.14. The molecule has 0 aliphatic rings. The van der Waals surface area contributed by atoms with Gasteiger partial charge in [0.25, 0.3) is 0 Å². The lowest BCUT2D eigenvalue weighted by molar-refractivity contribution is 0.164. The van der Waals surface area contributed by atoms with Gasteiger partial charge in [-0.2, -0.15) is 0 Å². The van der Waals surface area contributed by atoms with Crippen molar-refractivity contribution in [2.45, 2.75) is 19.6 Å². The number of nitrogens with zero attached hydrogens (tertiary/aromatic N) is 1. The summed E-state index contributed by atoms with van der Waals surface area (Å²) >= 11 is 1.50. The normalized spacial score (nSPS) is 12.6. The first-order valence-corrected chi connectivity index (χ1v) is 6.69. The molecule has 6 heteroatoms. The minimum absolute atomic E-state index is 0.0786. The predicted octanol–water partition coefficient (Wildman–Crippen LogP) is 2.55. The highest BCUT2D eigenvalue weighted by atomic mass is 32.1. The van der Waals surface area contributed by atoms with Crippen molar-refractivity contribution in [2.24, 2.45) is 0 Å². The maximum atomic E-state index is 13.4. The van der Waals surface area contributed by atoms with Crippen LogP contribution in [-0.4, -0.2) is 16.6 Å². The van der Waals surface area contributed by atoms with Crippen LogP contribution in [0, 0.1) is 18.6 Å². The molecule has 2 rings (SSSR count). The van der Waals surface area contributed by atoms with E-state index in [-0.39, 0.29) is 12.1 Å². The quantitative estimate of drug-likeness (QED) is 0.887. The maximum Gasteiger partial charge on any atom is 0.131 e. The maximum absolute atomic E-state index is 13.4. The van der Waals surface area contributed by atoms with Crippen LogP contribution in [0.2, 0.25) is 0 Å². The van der Waals surface area contributed by atoms with Gasteiger partial charge in [0.1, 0.15) is 11.6 Å². The Balaban J connectivity index is 1.95. The molecule has 0 spiro atoms. The van der Waals surface area contributed by atoms with Crippen molar-refractivity contribution in [2.75, 3.05) is 6.54 Å². The van der Waals surface area contributed by atoms with Gasteiger partial charge in [0.2, 0.25) is 0 Å². The number of nitrogens with one attached hydrogen (secondary N) is 1. The van der Waals surface area contributed by atoms with Crippen LogP contribution in [0.3, 0.4) is 0 Å². The fourth-order valence-corrected chi connectivity index (χ4v) is 2.50. The highest BCUT2D eigenvalue weighted by Gasteiger charge is 2.17. The van der Waals surface area contributed by atoms with Crippen LogP contribution >= 0.6 is 11.3 Å². The molecule has 0 aliphatic heterocycles. The number of aryl methyl sites for hydroxylation is 1. The molecule has 1 aromatic heterocycles. The van der Waals surface area contributed by atoms with E-state index in [4.69, 9.17) is 0 Å². The Bertz CT molecular complexity index is 539. The SMILES string of the molecule is Cc1ncsc1CNCC(O)c1c(F)cccc1F. The summed E-state index contributed by atoms with van der Waals surface area (Å²) in [6.45, 7) is 2.49. The number of aromatic nitrogens is 1. The van der Waals surface area contributed by atoms with E-state index in [0.717, 1.165) is 22.7 Å². The Morgan fingerprint density at radius 1 is 1.37 bits per heavy atom. The number of aliphatic hydroxyl groups excluding tert-OH is 1. The van der Waals surface area contributed by atoms with Gasteiger partial charge in [0.15, 0.2) is 0 Å². The number of halogens is 2. The van der Waals surface area contributed by atoms with Crippen molar-refractivity contribution >= 4 is 11.3 Å². The monoisotopic (exact) mass is 284 g/mol. The van der Waals surface area contributed by atoms with Crippen molar-refractivity contribution in [1.29, 1.82) is 0 Å². The number of hydrogen-bond acceptors (Lipinski definition) is 4. The first kappa shape index (κ1) is 14.0. The van der Waals surface area contributed by atoms with Crippen LogP contribution in [0.25, 0.3) is 0 Å². The zero-order valence-corrected chi connectivity index (χ0v) is 11.2. The van der Waals surface area contributed by atoms with Crippen LogP contribution in [0.1, 0.15) is 22.2 Å². The molecule has 0 fully saturated rings. The Labute approximate surface area is 113 Å². The van der Waals surface area contributed by atoms with E-state index in [0.29, 0.717) is 6.54 Å². The average molecular weight is 284 g/mol. The van der Waals surface area contributed by atoms with Crippen LogP contribution < -0.4 is 5.32 Å². The molecule has 3 nitrogen and oxygen atoms in total. The van der Waals surface area contributed by atoms with E-state index < -0.39 is 17.7 Å². The van der Waals surface area contributed by atoms with Crippen molar-refractivity contribution in [3.05, 3.63) is 51.5 Å². The summed E-state index contributed by atoms with van der Waals surface area (Å²) in [5.41, 5.74) is 2.36.